The zero-order valence-corrected chi connectivity index (χ0v) is 12.8. The van der Waals surface area contributed by atoms with Crippen LogP contribution in [0.5, 0.6) is 0 Å². The van der Waals surface area contributed by atoms with Crippen molar-refractivity contribution in [1.82, 2.24) is 5.32 Å². The van der Waals surface area contributed by atoms with E-state index in [9.17, 15) is 23.3 Å². The minimum atomic E-state index is -4.22. The Hall–Kier alpha value is -2.94. The highest BCUT2D eigenvalue weighted by atomic mass is 32.2. The summed E-state index contributed by atoms with van der Waals surface area (Å²) < 4.78 is 27.1. The quantitative estimate of drug-likeness (QED) is 0.637. The standard InChI is InChI=1S/C14H13N3O5S/c1-15-14(18)10-6-2-3-7-11(10)16-23(21,22)13-9-5-4-8-12(13)17(19)20/h2-9,16H,1H3,(H,15,18). The second kappa shape index (κ2) is 6.44. The van der Waals surface area contributed by atoms with Gasteiger partial charge in [0.2, 0.25) is 0 Å². The average Bonchev–Trinajstić information content (AvgIpc) is 2.54. The highest BCUT2D eigenvalue weighted by molar-refractivity contribution is 7.92. The Morgan fingerprint density at radius 1 is 1.09 bits per heavy atom. The van der Waals surface area contributed by atoms with Crippen LogP contribution in [0.15, 0.2) is 53.4 Å². The maximum absolute atomic E-state index is 12.4. The molecule has 0 radical (unpaired) electrons. The Morgan fingerprint density at radius 3 is 2.35 bits per heavy atom. The van der Waals surface area contributed by atoms with Crippen LogP contribution in [0.25, 0.3) is 0 Å². The Bertz CT molecular complexity index is 864. The van der Waals surface area contributed by atoms with Crippen molar-refractivity contribution in [3.8, 4) is 0 Å². The predicted octanol–water partition coefficient (Wildman–Crippen LogP) is 1.76. The molecule has 0 aliphatic rings. The van der Waals surface area contributed by atoms with Crippen LogP contribution in [-0.2, 0) is 10.0 Å². The van der Waals surface area contributed by atoms with Crippen LogP contribution in [0, 0.1) is 10.1 Å². The number of nitro groups is 1. The normalized spacial score (nSPS) is 10.8. The number of hydrogen-bond acceptors (Lipinski definition) is 5. The molecule has 2 N–H and O–H groups in total. The first-order chi connectivity index (χ1) is 10.9. The van der Waals surface area contributed by atoms with Gasteiger partial charge in [0, 0.05) is 13.1 Å². The summed E-state index contributed by atoms with van der Waals surface area (Å²) in [5.41, 5.74) is -0.403. The number of amides is 1. The molecule has 120 valence electrons. The number of nitro benzene ring substituents is 1. The molecule has 0 atom stereocenters. The summed E-state index contributed by atoms with van der Waals surface area (Å²) in [5, 5.41) is 13.4. The summed E-state index contributed by atoms with van der Waals surface area (Å²) in [6.45, 7) is 0. The minimum Gasteiger partial charge on any atom is -0.355 e. The van der Waals surface area contributed by atoms with Gasteiger partial charge in [0.1, 0.15) is 0 Å². The summed E-state index contributed by atoms with van der Waals surface area (Å²) in [6.07, 6.45) is 0. The molecule has 0 saturated carbocycles. The van der Waals surface area contributed by atoms with Crippen molar-refractivity contribution in [2.45, 2.75) is 4.90 Å². The van der Waals surface area contributed by atoms with E-state index in [-0.39, 0.29) is 11.3 Å². The monoisotopic (exact) mass is 335 g/mol. The first-order valence-electron chi connectivity index (χ1n) is 6.44. The molecule has 0 spiro atoms. The molecule has 0 bridgehead atoms. The van der Waals surface area contributed by atoms with E-state index in [1.165, 1.54) is 31.3 Å². The van der Waals surface area contributed by atoms with Crippen LogP contribution in [0.3, 0.4) is 0 Å². The molecule has 1 amide bonds. The molecular weight excluding hydrogens is 322 g/mol. The number of carbonyl (C=O) groups excluding carboxylic acids is 1. The molecule has 23 heavy (non-hydrogen) atoms. The summed E-state index contributed by atoms with van der Waals surface area (Å²) in [5.74, 6) is -0.481. The Labute approximate surface area is 132 Å². The molecule has 2 rings (SSSR count). The number of benzene rings is 2. The lowest BCUT2D eigenvalue weighted by atomic mass is 10.2. The molecule has 0 fully saturated rings. The zero-order chi connectivity index (χ0) is 17.0. The lowest BCUT2D eigenvalue weighted by Crippen LogP contribution is -2.22. The molecule has 9 heteroatoms. The lowest BCUT2D eigenvalue weighted by Gasteiger charge is -2.11. The third-order valence-corrected chi connectivity index (χ3v) is 4.41. The van der Waals surface area contributed by atoms with Crippen molar-refractivity contribution in [2.24, 2.45) is 0 Å². The number of anilines is 1. The van der Waals surface area contributed by atoms with E-state index in [0.717, 1.165) is 12.1 Å². The van der Waals surface area contributed by atoms with Crippen LogP contribution in [0.1, 0.15) is 10.4 Å². The molecule has 0 aromatic heterocycles. The summed E-state index contributed by atoms with van der Waals surface area (Å²) in [4.78, 5) is 21.5. The van der Waals surface area contributed by atoms with E-state index in [4.69, 9.17) is 0 Å². The van der Waals surface area contributed by atoms with Gasteiger partial charge in [-0.25, -0.2) is 8.42 Å². The zero-order valence-electron chi connectivity index (χ0n) is 12.0. The van der Waals surface area contributed by atoms with E-state index in [1.54, 1.807) is 12.1 Å². The fourth-order valence-electron chi connectivity index (χ4n) is 1.94. The maximum atomic E-state index is 12.4. The molecule has 8 nitrogen and oxygen atoms in total. The van der Waals surface area contributed by atoms with Crippen LogP contribution >= 0.6 is 0 Å². The third-order valence-electron chi connectivity index (χ3n) is 2.99. The second-order valence-electron chi connectivity index (χ2n) is 4.46. The van der Waals surface area contributed by atoms with E-state index >= 15 is 0 Å². The van der Waals surface area contributed by atoms with E-state index < -0.39 is 31.4 Å². The first kappa shape index (κ1) is 16.4. The Morgan fingerprint density at radius 2 is 1.70 bits per heavy atom. The van der Waals surface area contributed by atoms with Gasteiger partial charge >= 0.3 is 0 Å². The molecule has 0 saturated heterocycles. The van der Waals surface area contributed by atoms with Gasteiger partial charge in [-0.15, -0.1) is 0 Å². The molecular formula is C14H13N3O5S. The van der Waals surface area contributed by atoms with E-state index in [2.05, 4.69) is 10.0 Å². The maximum Gasteiger partial charge on any atom is 0.289 e. The second-order valence-corrected chi connectivity index (χ2v) is 6.11. The van der Waals surface area contributed by atoms with E-state index in [1.807, 2.05) is 0 Å². The van der Waals surface area contributed by atoms with Crippen LogP contribution in [0.4, 0.5) is 11.4 Å². The Balaban J connectivity index is 2.49. The number of para-hydroxylation sites is 2. The van der Waals surface area contributed by atoms with Crippen molar-refractivity contribution in [1.29, 1.82) is 0 Å². The minimum absolute atomic E-state index is 0.0324. The average molecular weight is 335 g/mol. The number of carbonyl (C=O) groups is 1. The predicted molar refractivity (Wildman–Crippen MR) is 83.7 cm³/mol. The number of rotatable bonds is 5. The summed E-state index contributed by atoms with van der Waals surface area (Å²) >= 11 is 0. The largest absolute Gasteiger partial charge is 0.355 e. The summed E-state index contributed by atoms with van der Waals surface area (Å²) in [6, 6.07) is 10.9. The molecule has 0 aliphatic carbocycles. The highest BCUT2D eigenvalue weighted by Gasteiger charge is 2.26. The van der Waals surface area contributed by atoms with Crippen molar-refractivity contribution >= 4 is 27.3 Å². The molecule has 0 heterocycles. The fourth-order valence-corrected chi connectivity index (χ4v) is 3.19. The number of nitrogens with one attached hydrogen (secondary N) is 2. The van der Waals surface area contributed by atoms with Gasteiger partial charge in [-0.3, -0.25) is 19.6 Å². The third kappa shape index (κ3) is 3.46. The first-order valence-corrected chi connectivity index (χ1v) is 7.92. The van der Waals surface area contributed by atoms with Crippen LogP contribution in [-0.4, -0.2) is 26.3 Å². The molecule has 2 aromatic carbocycles. The SMILES string of the molecule is CNC(=O)c1ccccc1NS(=O)(=O)c1ccccc1[N+](=O)[O-]. The van der Waals surface area contributed by atoms with Gasteiger partial charge in [0.25, 0.3) is 21.6 Å². The van der Waals surface area contributed by atoms with Gasteiger partial charge in [-0.05, 0) is 18.2 Å². The van der Waals surface area contributed by atoms with Crippen molar-refractivity contribution in [2.75, 3.05) is 11.8 Å². The van der Waals surface area contributed by atoms with Gasteiger partial charge in [0.05, 0.1) is 16.2 Å². The smallest absolute Gasteiger partial charge is 0.289 e. The van der Waals surface area contributed by atoms with Gasteiger partial charge in [-0.1, -0.05) is 24.3 Å². The highest BCUT2D eigenvalue weighted by Crippen LogP contribution is 2.26. The Kier molecular flexibility index (Phi) is 4.60. The van der Waals surface area contributed by atoms with E-state index in [0.29, 0.717) is 0 Å². The van der Waals surface area contributed by atoms with Gasteiger partial charge in [-0.2, -0.15) is 0 Å². The van der Waals surface area contributed by atoms with Gasteiger partial charge < -0.3 is 5.32 Å². The number of nitrogens with zero attached hydrogens (tertiary/aromatic N) is 1. The fraction of sp³-hybridized carbons (Fsp3) is 0.0714. The van der Waals surface area contributed by atoms with Crippen LogP contribution < -0.4 is 10.0 Å². The topological polar surface area (TPSA) is 118 Å². The molecule has 0 unspecified atom stereocenters. The van der Waals surface area contributed by atoms with Crippen molar-refractivity contribution in [3.05, 3.63) is 64.2 Å². The molecule has 2 aromatic rings. The molecule has 0 aliphatic heterocycles. The number of hydrogen-bond donors (Lipinski definition) is 2. The lowest BCUT2D eigenvalue weighted by molar-refractivity contribution is -0.387. The van der Waals surface area contributed by atoms with Crippen molar-refractivity contribution < 1.29 is 18.1 Å². The van der Waals surface area contributed by atoms with Crippen molar-refractivity contribution in [3.63, 3.8) is 0 Å². The number of sulfonamides is 1. The van der Waals surface area contributed by atoms with Gasteiger partial charge in [0.15, 0.2) is 4.90 Å². The summed E-state index contributed by atoms with van der Waals surface area (Å²) in [7, 11) is -2.81. The van der Waals surface area contributed by atoms with Crippen LogP contribution in [0.2, 0.25) is 0 Å².